The van der Waals surface area contributed by atoms with Gasteiger partial charge in [0, 0.05) is 49.7 Å². The Morgan fingerprint density at radius 1 is 1.30 bits per heavy atom. The van der Waals surface area contributed by atoms with Crippen LogP contribution in [0.3, 0.4) is 0 Å². The first-order valence-corrected chi connectivity index (χ1v) is 7.38. The van der Waals surface area contributed by atoms with E-state index < -0.39 is 0 Å². The maximum absolute atomic E-state index is 6.12. The Bertz CT molecular complexity index is 565. The molecule has 0 spiro atoms. The molecule has 1 unspecified atom stereocenters. The molecule has 0 fully saturated rings. The summed E-state index contributed by atoms with van der Waals surface area (Å²) in [6.45, 7) is 7.20. The number of hydrogen-bond acceptors (Lipinski definition) is 3. The minimum absolute atomic E-state index is 0.0433. The van der Waals surface area contributed by atoms with E-state index in [2.05, 4.69) is 28.1 Å². The van der Waals surface area contributed by atoms with Crippen LogP contribution in [-0.4, -0.2) is 19.3 Å². The normalized spacial score (nSPS) is 12.8. The van der Waals surface area contributed by atoms with Crippen LogP contribution in [0, 0.1) is 0 Å². The first kappa shape index (κ1) is 14.8. The van der Waals surface area contributed by atoms with E-state index in [1.807, 2.05) is 26.4 Å². The largest absolute Gasteiger partial charge is 0.338 e. The molecule has 0 aromatic carbocycles. The highest BCUT2D eigenvalue weighted by Crippen LogP contribution is 2.22. The molecule has 2 N–H and O–H groups in total. The zero-order valence-corrected chi connectivity index (χ0v) is 12.9. The van der Waals surface area contributed by atoms with Crippen LogP contribution in [0.25, 0.3) is 0 Å². The van der Waals surface area contributed by atoms with Gasteiger partial charge in [-0.25, -0.2) is 4.98 Å². The second kappa shape index (κ2) is 6.22. The summed E-state index contributed by atoms with van der Waals surface area (Å²) in [4.78, 5) is 4.37. The summed E-state index contributed by atoms with van der Waals surface area (Å²) >= 11 is 0. The predicted molar refractivity (Wildman–Crippen MR) is 80.5 cm³/mol. The van der Waals surface area contributed by atoms with Crippen molar-refractivity contribution in [3.63, 3.8) is 0 Å². The van der Waals surface area contributed by atoms with Crippen molar-refractivity contribution in [1.29, 1.82) is 0 Å². The van der Waals surface area contributed by atoms with E-state index >= 15 is 0 Å². The first-order valence-electron chi connectivity index (χ1n) is 7.38. The molecule has 2 aromatic heterocycles. The average molecular weight is 275 g/mol. The van der Waals surface area contributed by atoms with E-state index in [0.717, 1.165) is 37.3 Å². The van der Waals surface area contributed by atoms with Crippen LogP contribution in [0.2, 0.25) is 0 Å². The molecule has 2 aromatic rings. The molecule has 5 heteroatoms. The van der Waals surface area contributed by atoms with Gasteiger partial charge in [-0.3, -0.25) is 4.68 Å². The summed E-state index contributed by atoms with van der Waals surface area (Å²) < 4.78 is 4.18. The SMILES string of the molecule is CCc1nn(CCc2nccn2C)c(CC)c1C(C)N. The van der Waals surface area contributed by atoms with Crippen LogP contribution in [-0.2, 0) is 32.9 Å². The molecule has 2 rings (SSSR count). The van der Waals surface area contributed by atoms with Crippen LogP contribution in [0.15, 0.2) is 12.4 Å². The lowest BCUT2D eigenvalue weighted by molar-refractivity contribution is 0.560. The van der Waals surface area contributed by atoms with Crippen LogP contribution in [0.1, 0.15) is 49.6 Å². The molecule has 0 saturated heterocycles. The lowest BCUT2D eigenvalue weighted by Crippen LogP contribution is -2.12. The van der Waals surface area contributed by atoms with Gasteiger partial charge in [-0.05, 0) is 19.8 Å². The molecule has 5 nitrogen and oxygen atoms in total. The fraction of sp³-hybridized carbons (Fsp3) is 0.600. The second-order valence-electron chi connectivity index (χ2n) is 5.23. The number of nitrogens with two attached hydrogens (primary N) is 1. The predicted octanol–water partition coefficient (Wildman–Crippen LogP) is 2.00. The summed E-state index contributed by atoms with van der Waals surface area (Å²) in [6, 6.07) is 0.0433. The Morgan fingerprint density at radius 2 is 2.05 bits per heavy atom. The number of aromatic nitrogens is 4. The van der Waals surface area contributed by atoms with Gasteiger partial charge in [0.15, 0.2) is 0 Å². The second-order valence-corrected chi connectivity index (χ2v) is 5.23. The van der Waals surface area contributed by atoms with E-state index in [1.54, 1.807) is 0 Å². The van der Waals surface area contributed by atoms with Gasteiger partial charge in [-0.2, -0.15) is 5.10 Å². The van der Waals surface area contributed by atoms with Gasteiger partial charge in [0.2, 0.25) is 0 Å². The highest BCUT2D eigenvalue weighted by Gasteiger charge is 2.18. The topological polar surface area (TPSA) is 61.7 Å². The molecule has 0 bridgehead atoms. The summed E-state index contributed by atoms with van der Waals surface area (Å²) in [5.74, 6) is 1.09. The molecule has 0 aliphatic heterocycles. The molecule has 1 atom stereocenters. The fourth-order valence-corrected chi connectivity index (χ4v) is 2.75. The Hall–Kier alpha value is -1.62. The van der Waals surface area contributed by atoms with Crippen molar-refractivity contribution in [3.05, 3.63) is 35.2 Å². The van der Waals surface area contributed by atoms with E-state index in [9.17, 15) is 0 Å². The molecule has 0 radical (unpaired) electrons. The molecule has 0 aliphatic carbocycles. The molecule has 0 amide bonds. The van der Waals surface area contributed by atoms with Crippen molar-refractivity contribution in [1.82, 2.24) is 19.3 Å². The van der Waals surface area contributed by atoms with Crippen molar-refractivity contribution >= 4 is 0 Å². The summed E-state index contributed by atoms with van der Waals surface area (Å²) in [5, 5.41) is 4.75. The maximum Gasteiger partial charge on any atom is 0.110 e. The Morgan fingerprint density at radius 3 is 2.55 bits per heavy atom. The van der Waals surface area contributed by atoms with Crippen molar-refractivity contribution in [2.24, 2.45) is 12.8 Å². The molecule has 2 heterocycles. The summed E-state index contributed by atoms with van der Waals surface area (Å²) in [5.41, 5.74) is 9.76. The summed E-state index contributed by atoms with van der Waals surface area (Å²) in [6.07, 6.45) is 6.59. The molecule has 20 heavy (non-hydrogen) atoms. The molecular weight excluding hydrogens is 250 g/mol. The number of rotatable bonds is 6. The van der Waals surface area contributed by atoms with Crippen molar-refractivity contribution < 1.29 is 0 Å². The van der Waals surface area contributed by atoms with E-state index in [0.29, 0.717) is 0 Å². The third kappa shape index (κ3) is 2.77. The maximum atomic E-state index is 6.12. The molecule has 0 saturated carbocycles. The standard InChI is InChI=1S/C15H25N5/c1-5-12-15(11(3)16)13(6-2)20(18-12)9-7-14-17-8-10-19(14)4/h8,10-11H,5-7,9,16H2,1-4H3. The van der Waals surface area contributed by atoms with Gasteiger partial charge in [-0.15, -0.1) is 0 Å². The zero-order valence-electron chi connectivity index (χ0n) is 12.9. The number of imidazole rings is 1. The zero-order chi connectivity index (χ0) is 14.7. The Labute approximate surface area is 120 Å². The van der Waals surface area contributed by atoms with Crippen molar-refractivity contribution in [2.45, 2.75) is 52.6 Å². The van der Waals surface area contributed by atoms with Crippen molar-refractivity contribution in [3.8, 4) is 0 Å². The van der Waals surface area contributed by atoms with Crippen LogP contribution < -0.4 is 5.73 Å². The minimum Gasteiger partial charge on any atom is -0.338 e. The van der Waals surface area contributed by atoms with Gasteiger partial charge < -0.3 is 10.3 Å². The molecular formula is C15H25N5. The fourth-order valence-electron chi connectivity index (χ4n) is 2.75. The summed E-state index contributed by atoms with van der Waals surface area (Å²) in [7, 11) is 2.02. The lowest BCUT2D eigenvalue weighted by atomic mass is 10.0. The van der Waals surface area contributed by atoms with Gasteiger partial charge in [0.1, 0.15) is 5.82 Å². The van der Waals surface area contributed by atoms with E-state index in [1.165, 1.54) is 11.3 Å². The van der Waals surface area contributed by atoms with Gasteiger partial charge in [0.05, 0.1) is 5.69 Å². The van der Waals surface area contributed by atoms with Gasteiger partial charge in [-0.1, -0.05) is 13.8 Å². The van der Waals surface area contributed by atoms with Crippen LogP contribution in [0.4, 0.5) is 0 Å². The quantitative estimate of drug-likeness (QED) is 0.877. The smallest absolute Gasteiger partial charge is 0.110 e. The minimum atomic E-state index is 0.0433. The van der Waals surface area contributed by atoms with Gasteiger partial charge >= 0.3 is 0 Å². The van der Waals surface area contributed by atoms with E-state index in [-0.39, 0.29) is 6.04 Å². The highest BCUT2D eigenvalue weighted by atomic mass is 15.3. The monoisotopic (exact) mass is 275 g/mol. The van der Waals surface area contributed by atoms with Crippen molar-refractivity contribution in [2.75, 3.05) is 0 Å². The Kier molecular flexibility index (Phi) is 4.60. The number of nitrogens with zero attached hydrogens (tertiary/aromatic N) is 4. The third-order valence-electron chi connectivity index (χ3n) is 3.77. The van der Waals surface area contributed by atoms with Crippen LogP contribution in [0.5, 0.6) is 0 Å². The van der Waals surface area contributed by atoms with E-state index in [4.69, 9.17) is 10.8 Å². The third-order valence-corrected chi connectivity index (χ3v) is 3.77. The number of aryl methyl sites for hydroxylation is 4. The number of hydrogen-bond donors (Lipinski definition) is 1. The lowest BCUT2D eigenvalue weighted by Gasteiger charge is -2.10. The molecule has 110 valence electrons. The van der Waals surface area contributed by atoms with Crippen LogP contribution >= 0.6 is 0 Å². The Balaban J connectivity index is 2.25. The first-order chi connectivity index (χ1) is 9.58. The molecule has 0 aliphatic rings. The average Bonchev–Trinajstić information content (AvgIpc) is 2.99. The van der Waals surface area contributed by atoms with Gasteiger partial charge in [0.25, 0.3) is 0 Å². The highest BCUT2D eigenvalue weighted by molar-refractivity contribution is 5.29.